The first-order valence-corrected chi connectivity index (χ1v) is 3.68. The normalized spacial score (nSPS) is 14.6. The van der Waals surface area contributed by atoms with Crippen LogP contribution in [0.2, 0.25) is 0 Å². The Bertz CT molecular complexity index is 76.6. The van der Waals surface area contributed by atoms with Crippen LogP contribution in [0, 0.1) is 0 Å². The minimum atomic E-state index is 0.404. The van der Waals surface area contributed by atoms with E-state index in [1.807, 2.05) is 6.92 Å². The molecule has 0 rings (SSSR count). The summed E-state index contributed by atoms with van der Waals surface area (Å²) in [6.07, 6.45) is 7.59. The summed E-state index contributed by atoms with van der Waals surface area (Å²) in [7, 11) is 0. The van der Waals surface area contributed by atoms with Gasteiger partial charge in [0, 0.05) is 6.04 Å². The van der Waals surface area contributed by atoms with E-state index in [1.54, 1.807) is 0 Å². The van der Waals surface area contributed by atoms with Gasteiger partial charge >= 0.3 is 0 Å². The molecule has 0 aliphatic carbocycles. The molecule has 1 unspecified atom stereocenters. The molecule has 1 heteroatoms. The average molecular weight is 127 g/mol. The topological polar surface area (TPSA) is 26.0 Å². The molecular formula is C8H17N. The lowest BCUT2D eigenvalue weighted by atomic mass is 10.1. The highest BCUT2D eigenvalue weighted by Crippen LogP contribution is 1.98. The number of nitrogens with two attached hydrogens (primary N) is 1. The summed E-state index contributed by atoms with van der Waals surface area (Å²) < 4.78 is 0. The summed E-state index contributed by atoms with van der Waals surface area (Å²) >= 11 is 0. The zero-order valence-electron chi connectivity index (χ0n) is 6.43. The fraction of sp³-hybridized carbons (Fsp3) is 0.750. The van der Waals surface area contributed by atoms with Crippen LogP contribution >= 0.6 is 0 Å². The van der Waals surface area contributed by atoms with Crippen LogP contribution in [-0.2, 0) is 0 Å². The molecule has 54 valence electrons. The van der Waals surface area contributed by atoms with E-state index in [4.69, 9.17) is 5.73 Å². The predicted octanol–water partition coefficient (Wildman–Crippen LogP) is 2.08. The third-order valence-electron chi connectivity index (χ3n) is 1.46. The highest BCUT2D eigenvalue weighted by molar-refractivity contribution is 4.78. The van der Waals surface area contributed by atoms with Crippen LogP contribution in [0.3, 0.4) is 0 Å². The van der Waals surface area contributed by atoms with Gasteiger partial charge in [-0.05, 0) is 26.2 Å². The van der Waals surface area contributed by atoms with E-state index in [9.17, 15) is 0 Å². The van der Waals surface area contributed by atoms with Crippen molar-refractivity contribution < 1.29 is 0 Å². The lowest BCUT2D eigenvalue weighted by molar-refractivity contribution is 0.602. The van der Waals surface area contributed by atoms with Gasteiger partial charge in [-0.2, -0.15) is 0 Å². The maximum atomic E-state index is 5.68. The molecule has 0 aromatic rings. The molecule has 0 aromatic heterocycles. The first kappa shape index (κ1) is 8.70. The Hall–Kier alpha value is -0.300. The van der Waals surface area contributed by atoms with Crippen molar-refractivity contribution in [2.24, 2.45) is 5.73 Å². The third kappa shape index (κ3) is 5.57. The number of rotatable bonds is 4. The summed E-state index contributed by atoms with van der Waals surface area (Å²) in [6, 6.07) is 0.404. The lowest BCUT2D eigenvalue weighted by Crippen LogP contribution is -2.17. The van der Waals surface area contributed by atoms with Gasteiger partial charge in [-0.3, -0.25) is 0 Å². The van der Waals surface area contributed by atoms with Crippen LogP contribution in [0.15, 0.2) is 12.2 Å². The standard InChI is InChI=1S/C8H17N/c1-3-5-6-7-8(9)4-2/h3,5,8H,4,6-7,9H2,1-2H3/b5-3-. The molecular weight excluding hydrogens is 110 g/mol. The molecule has 0 aromatic carbocycles. The van der Waals surface area contributed by atoms with Gasteiger partial charge in [0.05, 0.1) is 0 Å². The molecule has 0 radical (unpaired) electrons. The van der Waals surface area contributed by atoms with E-state index in [-0.39, 0.29) is 0 Å². The first-order chi connectivity index (χ1) is 4.31. The zero-order chi connectivity index (χ0) is 7.11. The van der Waals surface area contributed by atoms with E-state index in [1.165, 1.54) is 0 Å². The van der Waals surface area contributed by atoms with Crippen LogP contribution in [0.1, 0.15) is 33.1 Å². The van der Waals surface area contributed by atoms with Crippen LogP contribution < -0.4 is 5.73 Å². The molecule has 2 N–H and O–H groups in total. The van der Waals surface area contributed by atoms with Crippen LogP contribution in [0.4, 0.5) is 0 Å². The highest BCUT2D eigenvalue weighted by atomic mass is 14.6. The maximum Gasteiger partial charge on any atom is 0.00391 e. The SMILES string of the molecule is C/C=C\CCC(N)CC. The van der Waals surface area contributed by atoms with Gasteiger partial charge < -0.3 is 5.73 Å². The molecule has 0 aliphatic rings. The quantitative estimate of drug-likeness (QED) is 0.575. The Morgan fingerprint density at radius 2 is 2.22 bits per heavy atom. The second kappa shape index (κ2) is 5.83. The summed E-state index contributed by atoms with van der Waals surface area (Å²) in [4.78, 5) is 0. The monoisotopic (exact) mass is 127 g/mol. The van der Waals surface area contributed by atoms with Gasteiger partial charge in [-0.15, -0.1) is 0 Å². The van der Waals surface area contributed by atoms with Crippen molar-refractivity contribution >= 4 is 0 Å². The first-order valence-electron chi connectivity index (χ1n) is 3.68. The van der Waals surface area contributed by atoms with Gasteiger partial charge in [0.25, 0.3) is 0 Å². The van der Waals surface area contributed by atoms with E-state index >= 15 is 0 Å². The van der Waals surface area contributed by atoms with Crippen molar-refractivity contribution in [1.29, 1.82) is 0 Å². The average Bonchev–Trinajstić information content (AvgIpc) is 1.89. The largest absolute Gasteiger partial charge is 0.328 e. The minimum absolute atomic E-state index is 0.404. The molecule has 0 bridgehead atoms. The Labute approximate surface area is 57.9 Å². The van der Waals surface area contributed by atoms with Crippen LogP contribution in [0.25, 0.3) is 0 Å². The van der Waals surface area contributed by atoms with Gasteiger partial charge in [0.2, 0.25) is 0 Å². The van der Waals surface area contributed by atoms with E-state index < -0.39 is 0 Å². The van der Waals surface area contributed by atoms with Gasteiger partial charge in [-0.25, -0.2) is 0 Å². The molecule has 9 heavy (non-hydrogen) atoms. The van der Waals surface area contributed by atoms with E-state index in [2.05, 4.69) is 19.1 Å². The summed E-state index contributed by atoms with van der Waals surface area (Å²) in [5, 5.41) is 0. The zero-order valence-corrected chi connectivity index (χ0v) is 6.43. The second-order valence-corrected chi connectivity index (χ2v) is 2.31. The van der Waals surface area contributed by atoms with Crippen molar-refractivity contribution in [3.63, 3.8) is 0 Å². The molecule has 0 fully saturated rings. The molecule has 0 amide bonds. The molecule has 0 spiro atoms. The van der Waals surface area contributed by atoms with Crippen LogP contribution in [-0.4, -0.2) is 6.04 Å². The molecule has 0 heterocycles. The Morgan fingerprint density at radius 3 is 2.67 bits per heavy atom. The predicted molar refractivity (Wildman–Crippen MR) is 42.3 cm³/mol. The smallest absolute Gasteiger partial charge is 0.00391 e. The van der Waals surface area contributed by atoms with Crippen molar-refractivity contribution in [2.45, 2.75) is 39.2 Å². The highest BCUT2D eigenvalue weighted by Gasteiger charge is 1.94. The number of hydrogen-bond acceptors (Lipinski definition) is 1. The van der Waals surface area contributed by atoms with Gasteiger partial charge in [0.1, 0.15) is 0 Å². The fourth-order valence-electron chi connectivity index (χ4n) is 0.681. The minimum Gasteiger partial charge on any atom is -0.328 e. The Kier molecular flexibility index (Phi) is 5.64. The Morgan fingerprint density at radius 1 is 1.56 bits per heavy atom. The van der Waals surface area contributed by atoms with E-state index in [0.717, 1.165) is 19.3 Å². The van der Waals surface area contributed by atoms with Crippen molar-refractivity contribution in [3.8, 4) is 0 Å². The van der Waals surface area contributed by atoms with Crippen molar-refractivity contribution in [2.75, 3.05) is 0 Å². The van der Waals surface area contributed by atoms with Crippen LogP contribution in [0.5, 0.6) is 0 Å². The van der Waals surface area contributed by atoms with Gasteiger partial charge in [-0.1, -0.05) is 19.1 Å². The third-order valence-corrected chi connectivity index (χ3v) is 1.46. The molecule has 0 saturated heterocycles. The molecule has 1 nitrogen and oxygen atoms in total. The molecule has 0 aliphatic heterocycles. The van der Waals surface area contributed by atoms with Crippen molar-refractivity contribution in [1.82, 2.24) is 0 Å². The second-order valence-electron chi connectivity index (χ2n) is 2.31. The summed E-state index contributed by atoms with van der Waals surface area (Å²) in [5.41, 5.74) is 5.68. The molecule has 0 saturated carbocycles. The summed E-state index contributed by atoms with van der Waals surface area (Å²) in [5.74, 6) is 0. The summed E-state index contributed by atoms with van der Waals surface area (Å²) in [6.45, 7) is 4.16. The van der Waals surface area contributed by atoms with Crippen molar-refractivity contribution in [3.05, 3.63) is 12.2 Å². The molecule has 1 atom stereocenters. The fourth-order valence-corrected chi connectivity index (χ4v) is 0.681. The number of hydrogen-bond donors (Lipinski definition) is 1. The number of allylic oxidation sites excluding steroid dienone is 2. The Balaban J connectivity index is 3.06. The van der Waals surface area contributed by atoms with Gasteiger partial charge in [0.15, 0.2) is 0 Å². The lowest BCUT2D eigenvalue weighted by Gasteiger charge is -2.04. The maximum absolute atomic E-state index is 5.68. The van der Waals surface area contributed by atoms with E-state index in [0.29, 0.717) is 6.04 Å².